The van der Waals surface area contributed by atoms with Crippen molar-refractivity contribution < 1.29 is 26.7 Å². The summed E-state index contributed by atoms with van der Waals surface area (Å²) in [7, 11) is 0. The van der Waals surface area contributed by atoms with Crippen LogP contribution in [0.25, 0.3) is 11.3 Å². The number of H-pyrrole nitrogens is 1. The van der Waals surface area contributed by atoms with Crippen molar-refractivity contribution in [2.75, 3.05) is 12.0 Å². The van der Waals surface area contributed by atoms with Crippen molar-refractivity contribution in [3.8, 4) is 23.1 Å². The number of hydrazone groups is 1. The van der Waals surface area contributed by atoms with Gasteiger partial charge < -0.3 is 4.74 Å². The van der Waals surface area contributed by atoms with Crippen molar-refractivity contribution in [2.24, 2.45) is 5.10 Å². The van der Waals surface area contributed by atoms with Crippen LogP contribution in [0.1, 0.15) is 11.1 Å². The molecule has 0 atom stereocenters. The number of anilines is 1. The Balaban J connectivity index is 1.81. The third-order valence-electron chi connectivity index (χ3n) is 3.86. The Morgan fingerprint density at radius 1 is 1.19 bits per heavy atom. The van der Waals surface area contributed by atoms with Crippen LogP contribution < -0.4 is 15.7 Å². The summed E-state index contributed by atoms with van der Waals surface area (Å²) in [5, 5.41) is 12.9. The van der Waals surface area contributed by atoms with Crippen LogP contribution >= 0.6 is 0 Å². The second-order valence-electron chi connectivity index (χ2n) is 6.20. The highest BCUT2D eigenvalue weighted by Crippen LogP contribution is 2.25. The zero-order chi connectivity index (χ0) is 23.3. The van der Waals surface area contributed by atoms with Gasteiger partial charge in [0, 0.05) is 11.1 Å². The fourth-order valence-electron chi connectivity index (χ4n) is 2.55. The van der Waals surface area contributed by atoms with Gasteiger partial charge in [-0.3, -0.25) is 9.78 Å². The Morgan fingerprint density at radius 3 is 2.44 bits per heavy atom. The summed E-state index contributed by atoms with van der Waals surface area (Å²) in [6, 6.07) is 11.6. The molecular formula is C20H12F5N5O2. The van der Waals surface area contributed by atoms with E-state index in [1.807, 2.05) is 0 Å². The van der Waals surface area contributed by atoms with Crippen molar-refractivity contribution in [2.45, 2.75) is 6.18 Å². The fraction of sp³-hybridized carbons (Fsp3) is 0.100. The van der Waals surface area contributed by atoms with Gasteiger partial charge >= 0.3 is 6.18 Å². The number of alkyl halides is 3. The lowest BCUT2D eigenvalue weighted by atomic mass is 10.1. The quantitative estimate of drug-likeness (QED) is 0.337. The van der Waals surface area contributed by atoms with Crippen LogP contribution in [0.15, 0.2) is 52.4 Å². The average molecular weight is 449 g/mol. The highest BCUT2D eigenvalue weighted by Gasteiger charge is 2.29. The molecule has 1 aromatic heterocycles. The highest BCUT2D eigenvalue weighted by molar-refractivity contribution is 5.80. The molecule has 0 fully saturated rings. The van der Waals surface area contributed by atoms with Crippen LogP contribution in [0.4, 0.5) is 27.9 Å². The lowest BCUT2D eigenvalue weighted by Gasteiger charge is -2.11. The molecule has 12 heteroatoms. The van der Waals surface area contributed by atoms with Gasteiger partial charge in [0.15, 0.2) is 24.0 Å². The summed E-state index contributed by atoms with van der Waals surface area (Å²) in [4.78, 5) is 18.6. The van der Waals surface area contributed by atoms with Gasteiger partial charge in [-0.2, -0.15) is 23.5 Å². The second kappa shape index (κ2) is 9.25. The molecule has 164 valence electrons. The van der Waals surface area contributed by atoms with E-state index in [2.05, 4.69) is 25.2 Å². The molecule has 0 bridgehead atoms. The van der Waals surface area contributed by atoms with Gasteiger partial charge in [-0.25, -0.2) is 19.2 Å². The molecule has 0 unspecified atom stereocenters. The second-order valence-corrected chi connectivity index (χ2v) is 6.20. The first-order valence-corrected chi connectivity index (χ1v) is 8.75. The topological polar surface area (TPSA) is 103 Å². The third kappa shape index (κ3) is 5.45. The molecule has 0 saturated heterocycles. The SMILES string of the molecule is N#Cc1c(-c2ccccc2)nc(NN=Cc2cc(F)c(OCC(F)(F)F)c(F)c2)[nH]c1=O. The number of nitriles is 1. The van der Waals surface area contributed by atoms with Gasteiger partial charge in [-0.15, -0.1) is 0 Å². The van der Waals surface area contributed by atoms with Gasteiger partial charge in [0.25, 0.3) is 5.56 Å². The zero-order valence-electron chi connectivity index (χ0n) is 15.9. The van der Waals surface area contributed by atoms with E-state index in [-0.39, 0.29) is 22.8 Å². The normalized spacial score (nSPS) is 11.4. The van der Waals surface area contributed by atoms with Gasteiger partial charge in [-0.1, -0.05) is 30.3 Å². The Hall–Kier alpha value is -4.27. The average Bonchev–Trinajstić information content (AvgIpc) is 2.72. The molecule has 0 aliphatic rings. The van der Waals surface area contributed by atoms with Crippen LogP contribution in [-0.2, 0) is 0 Å². The van der Waals surface area contributed by atoms with Crippen LogP contribution in [0.5, 0.6) is 5.75 Å². The standard InChI is InChI=1S/C20H12F5N5O2/c21-14-6-11(7-15(22)17(14)32-10-20(23,24)25)9-27-30-19-28-16(12-4-2-1-3-5-12)13(8-26)18(31)29-19/h1-7,9H,10H2,(H2,28,29,30,31). The summed E-state index contributed by atoms with van der Waals surface area (Å²) in [6.07, 6.45) is -3.81. The number of halogens is 5. The minimum absolute atomic E-state index is 0.0952. The number of rotatable bonds is 6. The Labute approximate surface area is 176 Å². The number of aromatic amines is 1. The van der Waals surface area contributed by atoms with Gasteiger partial charge in [0.1, 0.15) is 11.6 Å². The van der Waals surface area contributed by atoms with Crippen LogP contribution in [0.2, 0.25) is 0 Å². The molecule has 3 rings (SSSR count). The first-order chi connectivity index (χ1) is 15.2. The number of aromatic nitrogens is 2. The van der Waals surface area contributed by atoms with E-state index in [0.717, 1.165) is 6.21 Å². The molecule has 0 amide bonds. The minimum Gasteiger partial charge on any atom is -0.478 e. The maximum absolute atomic E-state index is 13.9. The molecule has 32 heavy (non-hydrogen) atoms. The van der Waals surface area contributed by atoms with Crippen LogP contribution in [0, 0.1) is 23.0 Å². The monoisotopic (exact) mass is 449 g/mol. The number of nitrogens with one attached hydrogen (secondary N) is 2. The smallest absolute Gasteiger partial charge is 0.422 e. The first kappa shape index (κ1) is 22.4. The number of ether oxygens (including phenoxy) is 1. The number of nitrogens with zero attached hydrogens (tertiary/aromatic N) is 3. The maximum atomic E-state index is 13.9. The lowest BCUT2D eigenvalue weighted by Crippen LogP contribution is -2.20. The summed E-state index contributed by atoms with van der Waals surface area (Å²) in [5.41, 5.74) is 1.86. The van der Waals surface area contributed by atoms with Gasteiger partial charge in [-0.05, 0) is 12.1 Å². The van der Waals surface area contributed by atoms with Crippen molar-refractivity contribution in [3.05, 3.63) is 75.6 Å². The Kier molecular flexibility index (Phi) is 6.48. The molecule has 3 aromatic rings. The maximum Gasteiger partial charge on any atom is 0.422 e. The summed E-state index contributed by atoms with van der Waals surface area (Å²) >= 11 is 0. The van der Waals surface area contributed by atoms with Crippen molar-refractivity contribution in [1.82, 2.24) is 9.97 Å². The summed E-state index contributed by atoms with van der Waals surface area (Å²) < 4.78 is 68.5. The molecule has 0 aliphatic carbocycles. The van der Waals surface area contributed by atoms with E-state index in [1.54, 1.807) is 36.4 Å². The Bertz CT molecular complexity index is 1230. The van der Waals surface area contributed by atoms with Crippen molar-refractivity contribution in [1.29, 1.82) is 5.26 Å². The van der Waals surface area contributed by atoms with E-state index in [1.165, 1.54) is 0 Å². The molecule has 0 saturated carbocycles. The largest absolute Gasteiger partial charge is 0.478 e. The molecule has 7 nitrogen and oxygen atoms in total. The molecule has 0 aliphatic heterocycles. The van der Waals surface area contributed by atoms with E-state index >= 15 is 0 Å². The zero-order valence-corrected chi connectivity index (χ0v) is 15.9. The molecule has 0 radical (unpaired) electrons. The van der Waals surface area contributed by atoms with Crippen LogP contribution in [0.3, 0.4) is 0 Å². The lowest BCUT2D eigenvalue weighted by molar-refractivity contribution is -0.154. The summed E-state index contributed by atoms with van der Waals surface area (Å²) in [6.45, 7) is -1.85. The predicted octanol–water partition coefficient (Wildman–Crippen LogP) is 3.97. The molecule has 2 aromatic carbocycles. The van der Waals surface area contributed by atoms with E-state index in [0.29, 0.717) is 17.7 Å². The van der Waals surface area contributed by atoms with Crippen molar-refractivity contribution in [3.63, 3.8) is 0 Å². The third-order valence-corrected chi connectivity index (χ3v) is 3.86. The number of hydrogen-bond donors (Lipinski definition) is 2. The number of hydrogen-bond acceptors (Lipinski definition) is 6. The van der Waals surface area contributed by atoms with E-state index in [9.17, 15) is 32.0 Å². The van der Waals surface area contributed by atoms with E-state index in [4.69, 9.17) is 0 Å². The molecule has 1 heterocycles. The fourth-order valence-corrected chi connectivity index (χ4v) is 2.55. The van der Waals surface area contributed by atoms with Gasteiger partial charge in [0.2, 0.25) is 5.95 Å². The Morgan fingerprint density at radius 2 is 1.84 bits per heavy atom. The minimum atomic E-state index is -4.76. The van der Waals surface area contributed by atoms with Gasteiger partial charge in [0.05, 0.1) is 11.9 Å². The first-order valence-electron chi connectivity index (χ1n) is 8.75. The van der Waals surface area contributed by atoms with Crippen LogP contribution in [-0.4, -0.2) is 29.0 Å². The number of benzene rings is 2. The van der Waals surface area contributed by atoms with E-state index < -0.39 is 35.7 Å². The van der Waals surface area contributed by atoms with Crippen molar-refractivity contribution >= 4 is 12.2 Å². The molecular weight excluding hydrogens is 437 g/mol. The molecule has 0 spiro atoms. The highest BCUT2D eigenvalue weighted by atomic mass is 19.4. The summed E-state index contributed by atoms with van der Waals surface area (Å²) in [5.74, 6) is -4.04. The molecule has 2 N–H and O–H groups in total. The predicted molar refractivity (Wildman–Crippen MR) is 104 cm³/mol.